The average molecular weight is 391 g/mol. The molecule has 1 aliphatic carbocycles. The Balaban J connectivity index is 2.01. The highest BCUT2D eigenvalue weighted by Gasteiger charge is 2.15. The molecule has 0 amide bonds. The molecule has 0 spiro atoms. The minimum Gasteiger partial charge on any atom is -0.489 e. The molecule has 1 aliphatic rings. The van der Waals surface area contributed by atoms with Gasteiger partial charge in [0, 0.05) is 12.6 Å². The zero-order valence-corrected chi connectivity index (χ0v) is 14.7. The van der Waals surface area contributed by atoms with Crippen molar-refractivity contribution in [1.29, 1.82) is 0 Å². The summed E-state index contributed by atoms with van der Waals surface area (Å²) in [4.78, 5) is 0. The lowest BCUT2D eigenvalue weighted by molar-refractivity contribution is 0.239. The van der Waals surface area contributed by atoms with Crippen molar-refractivity contribution in [3.8, 4) is 5.75 Å². The maximum atomic E-state index is 5.79. The van der Waals surface area contributed by atoms with Crippen LogP contribution in [-0.2, 0) is 6.54 Å². The van der Waals surface area contributed by atoms with Gasteiger partial charge in [-0.3, -0.25) is 0 Å². The van der Waals surface area contributed by atoms with Crippen LogP contribution in [0.1, 0.15) is 45.1 Å². The molecular weight excluding hydrogens is 370 g/mol. The minimum absolute atomic E-state index is 0.176. The molecule has 1 aromatic carbocycles. The molecule has 0 atom stereocenters. The van der Waals surface area contributed by atoms with Crippen molar-refractivity contribution in [2.45, 2.75) is 58.2 Å². The molecule has 4 heteroatoms. The summed E-state index contributed by atoms with van der Waals surface area (Å²) in [5.74, 6) is 0.889. The summed E-state index contributed by atoms with van der Waals surface area (Å²) < 4.78 is 7.82. The monoisotopic (exact) mass is 389 g/mol. The second-order valence-corrected chi connectivity index (χ2v) is 7.13. The van der Waals surface area contributed by atoms with Crippen LogP contribution >= 0.6 is 31.9 Å². The van der Waals surface area contributed by atoms with Gasteiger partial charge in [-0.05, 0) is 76.2 Å². The van der Waals surface area contributed by atoms with Crippen LogP contribution in [0.3, 0.4) is 0 Å². The van der Waals surface area contributed by atoms with E-state index in [1.165, 1.54) is 31.2 Å². The van der Waals surface area contributed by atoms with Gasteiger partial charge in [0.2, 0.25) is 0 Å². The van der Waals surface area contributed by atoms with E-state index in [2.05, 4.69) is 49.3 Å². The first-order valence-corrected chi connectivity index (χ1v) is 8.53. The number of hydrogen-bond donors (Lipinski definition) is 1. The lowest BCUT2D eigenvalue weighted by Crippen LogP contribution is -2.25. The van der Waals surface area contributed by atoms with Gasteiger partial charge in [0.1, 0.15) is 5.75 Å². The van der Waals surface area contributed by atoms with Crippen LogP contribution in [0.25, 0.3) is 0 Å². The van der Waals surface area contributed by atoms with E-state index in [1.807, 2.05) is 13.8 Å². The fraction of sp³-hybridized carbons (Fsp3) is 0.600. The Kier molecular flexibility index (Phi) is 5.72. The zero-order chi connectivity index (χ0) is 13.8. The zero-order valence-electron chi connectivity index (χ0n) is 11.5. The Morgan fingerprint density at radius 2 is 1.79 bits per heavy atom. The lowest BCUT2D eigenvalue weighted by Gasteiger charge is -2.16. The molecule has 0 unspecified atom stereocenters. The Bertz CT molecular complexity index is 405. The van der Waals surface area contributed by atoms with Gasteiger partial charge in [-0.2, -0.15) is 0 Å². The molecule has 0 aromatic heterocycles. The van der Waals surface area contributed by atoms with Gasteiger partial charge in [0.05, 0.1) is 15.0 Å². The lowest BCUT2D eigenvalue weighted by atomic mass is 10.2. The maximum Gasteiger partial charge on any atom is 0.148 e. The van der Waals surface area contributed by atoms with Crippen LogP contribution < -0.4 is 10.1 Å². The second-order valence-electron chi connectivity index (χ2n) is 5.42. The Morgan fingerprint density at radius 1 is 1.21 bits per heavy atom. The molecule has 0 bridgehead atoms. The number of hydrogen-bond acceptors (Lipinski definition) is 2. The van der Waals surface area contributed by atoms with Crippen LogP contribution in [-0.4, -0.2) is 12.1 Å². The summed E-state index contributed by atoms with van der Waals surface area (Å²) in [5, 5.41) is 3.63. The van der Waals surface area contributed by atoms with E-state index in [9.17, 15) is 0 Å². The maximum absolute atomic E-state index is 5.79. The molecule has 0 heterocycles. The van der Waals surface area contributed by atoms with Gasteiger partial charge in [-0.15, -0.1) is 0 Å². The highest BCUT2D eigenvalue weighted by molar-refractivity contribution is 9.11. The number of ether oxygens (including phenoxy) is 1. The third-order valence-electron chi connectivity index (χ3n) is 3.36. The number of benzene rings is 1. The topological polar surface area (TPSA) is 21.3 Å². The summed E-state index contributed by atoms with van der Waals surface area (Å²) in [5.41, 5.74) is 1.28. The molecule has 0 radical (unpaired) electrons. The SMILES string of the molecule is CC(C)Oc1c(Br)cc(CNC2CCCC2)cc1Br. The molecule has 0 aliphatic heterocycles. The van der Waals surface area contributed by atoms with Crippen molar-refractivity contribution in [1.82, 2.24) is 5.32 Å². The summed E-state index contributed by atoms with van der Waals surface area (Å²) in [6, 6.07) is 4.98. The predicted octanol–water partition coefficient (Wildman–Crippen LogP) is 5.03. The largest absolute Gasteiger partial charge is 0.489 e. The van der Waals surface area contributed by atoms with Crippen molar-refractivity contribution in [2.24, 2.45) is 0 Å². The molecule has 2 rings (SSSR count). The van der Waals surface area contributed by atoms with Crippen LogP contribution in [0.4, 0.5) is 0 Å². The number of nitrogens with one attached hydrogen (secondary N) is 1. The Labute approximate surface area is 132 Å². The molecule has 1 saturated carbocycles. The fourth-order valence-electron chi connectivity index (χ4n) is 2.45. The third kappa shape index (κ3) is 4.47. The first kappa shape index (κ1) is 15.3. The molecule has 2 nitrogen and oxygen atoms in total. The molecule has 106 valence electrons. The molecular formula is C15H21Br2NO. The second kappa shape index (κ2) is 7.09. The smallest absolute Gasteiger partial charge is 0.148 e. The summed E-state index contributed by atoms with van der Waals surface area (Å²) in [6.45, 7) is 4.99. The normalized spacial score (nSPS) is 16.3. The van der Waals surface area contributed by atoms with E-state index in [4.69, 9.17) is 4.74 Å². The summed E-state index contributed by atoms with van der Waals surface area (Å²) in [7, 11) is 0. The van der Waals surface area contributed by atoms with Crippen molar-refractivity contribution in [3.63, 3.8) is 0 Å². The van der Waals surface area contributed by atoms with Crippen LogP contribution in [0.5, 0.6) is 5.75 Å². The van der Waals surface area contributed by atoms with E-state index in [-0.39, 0.29) is 6.10 Å². The quantitative estimate of drug-likeness (QED) is 0.760. The summed E-state index contributed by atoms with van der Waals surface area (Å²) >= 11 is 7.19. The van der Waals surface area contributed by atoms with Crippen molar-refractivity contribution >= 4 is 31.9 Å². The standard InChI is InChI=1S/C15H21Br2NO/c1-10(2)19-15-13(16)7-11(8-14(15)17)9-18-12-5-3-4-6-12/h7-8,10,12,18H,3-6,9H2,1-2H3. The van der Waals surface area contributed by atoms with Gasteiger partial charge >= 0.3 is 0 Å². The van der Waals surface area contributed by atoms with Crippen LogP contribution in [0.2, 0.25) is 0 Å². The highest BCUT2D eigenvalue weighted by Crippen LogP contribution is 2.35. The van der Waals surface area contributed by atoms with Crippen molar-refractivity contribution < 1.29 is 4.74 Å². The Hall–Kier alpha value is -0.0600. The van der Waals surface area contributed by atoms with E-state index in [0.29, 0.717) is 6.04 Å². The Morgan fingerprint density at radius 3 is 2.32 bits per heavy atom. The van der Waals surface area contributed by atoms with Crippen molar-refractivity contribution in [3.05, 3.63) is 26.6 Å². The fourth-order valence-corrected chi connectivity index (χ4v) is 3.92. The van der Waals surface area contributed by atoms with Gasteiger partial charge in [-0.1, -0.05) is 12.8 Å². The first-order chi connectivity index (χ1) is 9.06. The van der Waals surface area contributed by atoms with E-state index >= 15 is 0 Å². The van der Waals surface area contributed by atoms with Gasteiger partial charge in [0.15, 0.2) is 0 Å². The minimum atomic E-state index is 0.176. The first-order valence-electron chi connectivity index (χ1n) is 6.94. The van der Waals surface area contributed by atoms with Gasteiger partial charge < -0.3 is 10.1 Å². The van der Waals surface area contributed by atoms with E-state index in [0.717, 1.165) is 21.2 Å². The average Bonchev–Trinajstić information content (AvgIpc) is 2.84. The van der Waals surface area contributed by atoms with Crippen LogP contribution in [0, 0.1) is 0 Å². The predicted molar refractivity (Wildman–Crippen MR) is 86.7 cm³/mol. The molecule has 1 aromatic rings. The van der Waals surface area contributed by atoms with E-state index < -0.39 is 0 Å². The van der Waals surface area contributed by atoms with Crippen molar-refractivity contribution in [2.75, 3.05) is 0 Å². The van der Waals surface area contributed by atoms with Gasteiger partial charge in [-0.25, -0.2) is 0 Å². The number of rotatable bonds is 5. The number of halogens is 2. The molecule has 1 fully saturated rings. The van der Waals surface area contributed by atoms with Gasteiger partial charge in [0.25, 0.3) is 0 Å². The molecule has 19 heavy (non-hydrogen) atoms. The summed E-state index contributed by atoms with van der Waals surface area (Å²) in [6.07, 6.45) is 5.54. The molecule has 0 saturated heterocycles. The van der Waals surface area contributed by atoms with E-state index in [1.54, 1.807) is 0 Å². The third-order valence-corrected chi connectivity index (χ3v) is 4.54. The molecule has 1 N–H and O–H groups in total. The highest BCUT2D eigenvalue weighted by atomic mass is 79.9. The van der Waals surface area contributed by atoms with Crippen LogP contribution in [0.15, 0.2) is 21.1 Å².